The molecule has 2 amide bonds. The second-order valence-corrected chi connectivity index (χ2v) is 3.34. The molecular formula is C11H14N2O3. The highest BCUT2D eigenvalue weighted by Gasteiger charge is 2.15. The molecule has 0 aliphatic carbocycles. The van der Waals surface area contributed by atoms with Crippen LogP contribution >= 0.6 is 0 Å². The minimum absolute atomic E-state index is 0.0148. The van der Waals surface area contributed by atoms with Crippen LogP contribution < -0.4 is 5.73 Å². The van der Waals surface area contributed by atoms with Gasteiger partial charge in [0.15, 0.2) is 0 Å². The van der Waals surface area contributed by atoms with Gasteiger partial charge in [-0.1, -0.05) is 6.07 Å². The van der Waals surface area contributed by atoms with E-state index < -0.39 is 5.91 Å². The summed E-state index contributed by atoms with van der Waals surface area (Å²) < 4.78 is 0. The molecule has 1 aromatic carbocycles. The lowest BCUT2D eigenvalue weighted by Crippen LogP contribution is -2.38. The van der Waals surface area contributed by atoms with Crippen LogP contribution in [0, 0.1) is 0 Å². The number of hydrogen-bond acceptors (Lipinski definition) is 3. The average molecular weight is 222 g/mol. The van der Waals surface area contributed by atoms with Crippen molar-refractivity contribution in [3.63, 3.8) is 0 Å². The maximum atomic E-state index is 11.9. The van der Waals surface area contributed by atoms with Crippen LogP contribution in [-0.2, 0) is 4.79 Å². The van der Waals surface area contributed by atoms with Crippen molar-refractivity contribution in [2.75, 3.05) is 13.1 Å². The largest absolute Gasteiger partial charge is 0.508 e. The predicted octanol–water partition coefficient (Wildman–Crippen LogP) is 0.340. The molecule has 0 unspecified atom stereocenters. The summed E-state index contributed by atoms with van der Waals surface area (Å²) in [4.78, 5) is 23.9. The molecule has 0 aromatic heterocycles. The van der Waals surface area contributed by atoms with Crippen LogP contribution in [0.1, 0.15) is 17.3 Å². The summed E-state index contributed by atoms with van der Waals surface area (Å²) in [5.41, 5.74) is 5.37. The van der Waals surface area contributed by atoms with Crippen molar-refractivity contribution in [2.45, 2.75) is 6.92 Å². The molecule has 0 saturated heterocycles. The van der Waals surface area contributed by atoms with Gasteiger partial charge in [0.1, 0.15) is 5.75 Å². The highest BCUT2D eigenvalue weighted by atomic mass is 16.3. The van der Waals surface area contributed by atoms with E-state index in [-0.39, 0.29) is 18.2 Å². The number of nitrogens with two attached hydrogens (primary N) is 1. The van der Waals surface area contributed by atoms with Gasteiger partial charge in [0.25, 0.3) is 5.91 Å². The number of phenols is 1. The number of rotatable bonds is 4. The summed E-state index contributed by atoms with van der Waals surface area (Å²) in [6.07, 6.45) is 0. The first kappa shape index (κ1) is 12.0. The van der Waals surface area contributed by atoms with Gasteiger partial charge in [0.2, 0.25) is 5.91 Å². The van der Waals surface area contributed by atoms with E-state index in [2.05, 4.69) is 0 Å². The van der Waals surface area contributed by atoms with Crippen molar-refractivity contribution in [3.05, 3.63) is 29.8 Å². The van der Waals surface area contributed by atoms with Crippen molar-refractivity contribution in [1.82, 2.24) is 4.90 Å². The Hall–Kier alpha value is -2.04. The number of hydrogen-bond donors (Lipinski definition) is 2. The summed E-state index contributed by atoms with van der Waals surface area (Å²) in [7, 11) is 0. The van der Waals surface area contributed by atoms with E-state index in [4.69, 9.17) is 5.73 Å². The van der Waals surface area contributed by atoms with Crippen molar-refractivity contribution in [1.29, 1.82) is 0 Å². The molecule has 0 atom stereocenters. The summed E-state index contributed by atoms with van der Waals surface area (Å²) >= 11 is 0. The zero-order valence-electron chi connectivity index (χ0n) is 9.01. The third-order valence-corrected chi connectivity index (χ3v) is 2.11. The molecule has 0 aliphatic rings. The molecule has 3 N–H and O–H groups in total. The van der Waals surface area contributed by atoms with Gasteiger partial charge in [0.05, 0.1) is 6.54 Å². The smallest absolute Gasteiger partial charge is 0.254 e. The van der Waals surface area contributed by atoms with Gasteiger partial charge in [-0.3, -0.25) is 9.59 Å². The molecule has 0 fully saturated rings. The molecule has 0 bridgehead atoms. The van der Waals surface area contributed by atoms with Crippen LogP contribution in [0.5, 0.6) is 5.75 Å². The Morgan fingerprint density at radius 3 is 2.62 bits per heavy atom. The SMILES string of the molecule is CCN(CC(N)=O)C(=O)c1cccc(O)c1. The average Bonchev–Trinajstić information content (AvgIpc) is 2.24. The monoisotopic (exact) mass is 222 g/mol. The van der Waals surface area contributed by atoms with E-state index in [1.54, 1.807) is 19.1 Å². The molecule has 1 aromatic rings. The number of benzene rings is 1. The standard InChI is InChI=1S/C11H14N2O3/c1-2-13(7-10(12)15)11(16)8-4-3-5-9(14)6-8/h3-6,14H,2,7H2,1H3,(H2,12,15). The number of amides is 2. The summed E-state index contributed by atoms with van der Waals surface area (Å²) in [6, 6.07) is 5.97. The zero-order chi connectivity index (χ0) is 12.1. The first-order chi connectivity index (χ1) is 7.54. The lowest BCUT2D eigenvalue weighted by molar-refractivity contribution is -0.118. The maximum Gasteiger partial charge on any atom is 0.254 e. The van der Waals surface area contributed by atoms with Crippen LogP contribution in [0.25, 0.3) is 0 Å². The van der Waals surface area contributed by atoms with Gasteiger partial charge in [-0.05, 0) is 25.1 Å². The fourth-order valence-corrected chi connectivity index (χ4v) is 1.34. The van der Waals surface area contributed by atoms with Crippen LogP contribution in [0.2, 0.25) is 0 Å². The third-order valence-electron chi connectivity index (χ3n) is 2.11. The first-order valence-corrected chi connectivity index (χ1v) is 4.91. The van der Waals surface area contributed by atoms with Gasteiger partial charge in [-0.15, -0.1) is 0 Å². The maximum absolute atomic E-state index is 11.9. The number of primary amides is 1. The molecule has 0 spiro atoms. The van der Waals surface area contributed by atoms with Crippen molar-refractivity contribution >= 4 is 11.8 Å². The molecule has 0 aliphatic heterocycles. The van der Waals surface area contributed by atoms with E-state index in [1.807, 2.05) is 0 Å². The molecule has 1 rings (SSSR count). The Morgan fingerprint density at radius 2 is 2.12 bits per heavy atom. The Morgan fingerprint density at radius 1 is 1.44 bits per heavy atom. The molecular weight excluding hydrogens is 208 g/mol. The molecule has 16 heavy (non-hydrogen) atoms. The quantitative estimate of drug-likeness (QED) is 0.770. The summed E-state index contributed by atoms with van der Waals surface area (Å²) in [5.74, 6) is -0.867. The summed E-state index contributed by atoms with van der Waals surface area (Å²) in [5, 5.41) is 9.24. The van der Waals surface area contributed by atoms with E-state index in [9.17, 15) is 14.7 Å². The van der Waals surface area contributed by atoms with E-state index >= 15 is 0 Å². The molecule has 5 heteroatoms. The minimum Gasteiger partial charge on any atom is -0.508 e. The number of phenolic OH excluding ortho intramolecular Hbond substituents is 1. The highest BCUT2D eigenvalue weighted by molar-refractivity contribution is 5.96. The lowest BCUT2D eigenvalue weighted by Gasteiger charge is -2.18. The van der Waals surface area contributed by atoms with Crippen molar-refractivity contribution in [2.24, 2.45) is 5.73 Å². The fraction of sp³-hybridized carbons (Fsp3) is 0.273. The van der Waals surface area contributed by atoms with E-state index in [0.29, 0.717) is 12.1 Å². The molecule has 5 nitrogen and oxygen atoms in total. The molecule has 0 heterocycles. The third kappa shape index (κ3) is 2.98. The molecule has 86 valence electrons. The number of nitrogens with zero attached hydrogens (tertiary/aromatic N) is 1. The second kappa shape index (κ2) is 5.16. The van der Waals surface area contributed by atoms with Gasteiger partial charge >= 0.3 is 0 Å². The van der Waals surface area contributed by atoms with Crippen LogP contribution in [-0.4, -0.2) is 34.9 Å². The Labute approximate surface area is 93.5 Å². The van der Waals surface area contributed by atoms with Crippen molar-refractivity contribution < 1.29 is 14.7 Å². The van der Waals surface area contributed by atoms with E-state index in [0.717, 1.165) is 0 Å². The fourth-order valence-electron chi connectivity index (χ4n) is 1.34. The Bertz CT molecular complexity index is 404. The van der Waals surface area contributed by atoms with Crippen LogP contribution in [0.15, 0.2) is 24.3 Å². The predicted molar refractivity (Wildman–Crippen MR) is 58.9 cm³/mol. The molecule has 0 saturated carbocycles. The minimum atomic E-state index is -0.560. The zero-order valence-corrected chi connectivity index (χ0v) is 9.01. The Kier molecular flexibility index (Phi) is 3.88. The number of carbonyl (C=O) groups is 2. The topological polar surface area (TPSA) is 83.6 Å². The van der Waals surface area contributed by atoms with Gasteiger partial charge in [-0.2, -0.15) is 0 Å². The second-order valence-electron chi connectivity index (χ2n) is 3.34. The highest BCUT2D eigenvalue weighted by Crippen LogP contribution is 2.12. The number of aromatic hydroxyl groups is 1. The summed E-state index contributed by atoms with van der Waals surface area (Å²) in [6.45, 7) is 2.02. The molecule has 0 radical (unpaired) electrons. The van der Waals surface area contributed by atoms with Crippen molar-refractivity contribution in [3.8, 4) is 5.75 Å². The Balaban J connectivity index is 2.86. The number of carbonyl (C=O) groups excluding carboxylic acids is 2. The van der Waals surface area contributed by atoms with Gasteiger partial charge < -0.3 is 15.7 Å². The lowest BCUT2D eigenvalue weighted by atomic mass is 10.2. The first-order valence-electron chi connectivity index (χ1n) is 4.91. The van der Waals surface area contributed by atoms with E-state index in [1.165, 1.54) is 17.0 Å². The van der Waals surface area contributed by atoms with Crippen LogP contribution in [0.3, 0.4) is 0 Å². The number of likely N-dealkylation sites (N-methyl/N-ethyl adjacent to an activating group) is 1. The van der Waals surface area contributed by atoms with Crippen LogP contribution in [0.4, 0.5) is 0 Å². The van der Waals surface area contributed by atoms with Gasteiger partial charge in [-0.25, -0.2) is 0 Å². The van der Waals surface area contributed by atoms with Gasteiger partial charge in [0, 0.05) is 12.1 Å². The normalized spacial score (nSPS) is 9.81.